The average molecular weight is 765 g/mol. The minimum absolute atomic E-state index is 0.0452. The number of benzene rings is 3. The van der Waals surface area contributed by atoms with Gasteiger partial charge >= 0.3 is 6.18 Å². The zero-order chi connectivity index (χ0) is 34.7. The molecular weight excluding hydrogens is 743 g/mol. The maximum absolute atomic E-state index is 14.4. The molecule has 0 unspecified atom stereocenters. The van der Waals surface area contributed by atoms with Gasteiger partial charge in [0, 0.05) is 22.6 Å². The number of ether oxygens (including phenoxy) is 3. The number of morpholine rings is 1. The lowest BCUT2D eigenvalue weighted by molar-refractivity contribution is -0.143. The van der Waals surface area contributed by atoms with Crippen molar-refractivity contribution in [2.24, 2.45) is 5.10 Å². The maximum atomic E-state index is 14.4. The van der Waals surface area contributed by atoms with Crippen molar-refractivity contribution in [3.63, 3.8) is 0 Å². The second kappa shape index (κ2) is 14.4. The fraction of sp³-hybridized carbons (Fsp3) is 0.241. The number of nitrogens with zero attached hydrogens (tertiary/aromatic N) is 5. The highest BCUT2D eigenvalue weighted by Gasteiger charge is 2.43. The van der Waals surface area contributed by atoms with Crippen LogP contribution in [0.5, 0.6) is 17.2 Å². The number of nitrogens with one attached hydrogen (secondary N) is 2. The molecule has 0 amide bonds. The average Bonchev–Trinajstić information content (AvgIpc) is 3.05. The Hall–Kier alpha value is -4.42. The summed E-state index contributed by atoms with van der Waals surface area (Å²) in [6.45, 7) is 3.85. The van der Waals surface area contributed by atoms with E-state index in [0.29, 0.717) is 53.0 Å². The standard InChI is InChI=1S/C29H22BrClF7N7O3/c1-13-9-15(30)17(11-16(13)31)40-26-41-27(43-28(42-26)45-5-7-47-8-6-45)44-39-12-14-3-4-18(19(10-14)46-2)48-25-23(34)21(32)20(29(36,37)38)22(33)24(25)35/h3-4,9-12H,5-8H2,1-2H3,(H2,40,41,42,43,44)/b39-12-. The molecule has 1 fully saturated rings. The summed E-state index contributed by atoms with van der Waals surface area (Å²) in [5.41, 5.74) is 1.74. The Morgan fingerprint density at radius 2 is 1.62 bits per heavy atom. The van der Waals surface area contributed by atoms with Gasteiger partial charge in [-0.3, -0.25) is 0 Å². The predicted octanol–water partition coefficient (Wildman–Crippen LogP) is 8.00. The SMILES string of the molecule is COc1cc(/C=N\Nc2nc(Nc3cc(Cl)c(C)cc3Br)nc(N3CCOCC3)n2)ccc1Oc1c(F)c(F)c(C(F)(F)F)c(F)c1F. The van der Waals surface area contributed by atoms with Gasteiger partial charge < -0.3 is 24.4 Å². The first-order valence-corrected chi connectivity index (χ1v) is 14.8. The number of hydrogen-bond donors (Lipinski definition) is 2. The molecule has 1 aromatic heterocycles. The zero-order valence-corrected chi connectivity index (χ0v) is 27.0. The first kappa shape index (κ1) is 34.9. The third kappa shape index (κ3) is 7.65. The number of hydrazone groups is 1. The van der Waals surface area contributed by atoms with Crippen molar-refractivity contribution < 1.29 is 44.9 Å². The van der Waals surface area contributed by atoms with Crippen LogP contribution in [-0.2, 0) is 10.9 Å². The van der Waals surface area contributed by atoms with Crippen molar-refractivity contribution in [1.82, 2.24) is 15.0 Å². The largest absolute Gasteiger partial charge is 0.493 e. The fourth-order valence-electron chi connectivity index (χ4n) is 4.31. The summed E-state index contributed by atoms with van der Waals surface area (Å²) in [5.74, 6) is -11.9. The lowest BCUT2D eigenvalue weighted by Gasteiger charge is -2.27. The minimum atomic E-state index is -5.70. The van der Waals surface area contributed by atoms with Crippen molar-refractivity contribution in [2.45, 2.75) is 13.1 Å². The van der Waals surface area contributed by atoms with Gasteiger partial charge in [-0.25, -0.2) is 14.2 Å². The number of aromatic nitrogens is 3. The van der Waals surface area contributed by atoms with Gasteiger partial charge in [0.1, 0.15) is 5.56 Å². The van der Waals surface area contributed by atoms with E-state index >= 15 is 0 Å². The Morgan fingerprint density at radius 3 is 2.27 bits per heavy atom. The van der Waals surface area contributed by atoms with Crippen LogP contribution in [-0.4, -0.2) is 54.6 Å². The molecule has 0 radical (unpaired) electrons. The van der Waals surface area contributed by atoms with Gasteiger partial charge in [-0.05, 0) is 64.3 Å². The monoisotopic (exact) mass is 763 g/mol. The molecule has 1 saturated heterocycles. The van der Waals surface area contributed by atoms with Crippen LogP contribution in [0, 0.1) is 30.2 Å². The molecule has 0 bridgehead atoms. The number of aryl methyl sites for hydroxylation is 1. The molecular formula is C29H22BrClF7N7O3. The molecule has 2 N–H and O–H groups in total. The molecule has 0 atom stereocenters. The van der Waals surface area contributed by atoms with Crippen LogP contribution in [0.1, 0.15) is 16.7 Å². The van der Waals surface area contributed by atoms with Crippen LogP contribution < -0.4 is 25.1 Å². The van der Waals surface area contributed by atoms with Crippen molar-refractivity contribution in [2.75, 3.05) is 49.1 Å². The van der Waals surface area contributed by atoms with Crippen molar-refractivity contribution >= 4 is 57.3 Å². The number of halogens is 9. The summed E-state index contributed by atoms with van der Waals surface area (Å²) in [5, 5.41) is 7.74. The normalized spacial score (nSPS) is 13.6. The van der Waals surface area contributed by atoms with Gasteiger partial charge in [0.25, 0.3) is 0 Å². The Labute approximate surface area is 281 Å². The number of anilines is 4. The third-order valence-corrected chi connectivity index (χ3v) is 7.76. The van der Waals surface area contributed by atoms with Crippen molar-refractivity contribution in [3.05, 3.63) is 79.8 Å². The van der Waals surface area contributed by atoms with Gasteiger partial charge in [0.2, 0.25) is 35.2 Å². The Morgan fingerprint density at radius 1 is 0.958 bits per heavy atom. The molecule has 254 valence electrons. The summed E-state index contributed by atoms with van der Waals surface area (Å²) in [6, 6.07) is 7.21. The summed E-state index contributed by atoms with van der Waals surface area (Å²) in [4.78, 5) is 15.2. The van der Waals surface area contributed by atoms with Crippen LogP contribution in [0.15, 0.2) is 39.9 Å². The van der Waals surface area contributed by atoms with E-state index in [0.717, 1.165) is 18.7 Å². The summed E-state index contributed by atoms with van der Waals surface area (Å²) in [6.07, 6.45) is -4.41. The van der Waals surface area contributed by atoms with E-state index < -0.39 is 46.5 Å². The molecule has 1 aliphatic heterocycles. The van der Waals surface area contributed by atoms with Gasteiger partial charge in [0.15, 0.2) is 23.1 Å². The highest BCUT2D eigenvalue weighted by Crippen LogP contribution is 2.42. The molecule has 4 aromatic rings. The predicted molar refractivity (Wildman–Crippen MR) is 166 cm³/mol. The van der Waals surface area contributed by atoms with Crippen LogP contribution in [0.25, 0.3) is 0 Å². The van der Waals surface area contributed by atoms with E-state index in [4.69, 9.17) is 25.8 Å². The number of hydrogen-bond acceptors (Lipinski definition) is 10. The molecule has 3 aromatic carbocycles. The Kier molecular flexibility index (Phi) is 10.4. The molecule has 0 spiro atoms. The second-order valence-corrected chi connectivity index (χ2v) is 11.2. The van der Waals surface area contributed by atoms with E-state index in [2.05, 4.69) is 46.7 Å². The topological polar surface area (TPSA) is 106 Å². The van der Waals surface area contributed by atoms with Gasteiger partial charge in [-0.2, -0.15) is 42.0 Å². The molecule has 0 saturated carbocycles. The quantitative estimate of drug-likeness (QED) is 0.0760. The van der Waals surface area contributed by atoms with Crippen molar-refractivity contribution in [3.8, 4) is 17.2 Å². The molecule has 5 rings (SSSR count). The van der Waals surface area contributed by atoms with Crippen LogP contribution >= 0.6 is 27.5 Å². The number of alkyl halides is 3. The molecule has 19 heteroatoms. The van der Waals surface area contributed by atoms with E-state index in [1.165, 1.54) is 18.3 Å². The van der Waals surface area contributed by atoms with E-state index in [1.54, 1.807) is 6.07 Å². The van der Waals surface area contributed by atoms with E-state index in [1.807, 2.05) is 17.9 Å². The van der Waals surface area contributed by atoms with E-state index in [9.17, 15) is 30.7 Å². The minimum Gasteiger partial charge on any atom is -0.493 e. The lowest BCUT2D eigenvalue weighted by Crippen LogP contribution is -2.37. The van der Waals surface area contributed by atoms with E-state index in [-0.39, 0.29) is 17.6 Å². The maximum Gasteiger partial charge on any atom is 0.422 e. The summed E-state index contributed by atoms with van der Waals surface area (Å²) in [7, 11) is 1.15. The first-order chi connectivity index (χ1) is 22.8. The fourth-order valence-corrected chi connectivity index (χ4v) is 5.03. The van der Waals surface area contributed by atoms with Gasteiger partial charge in [-0.15, -0.1) is 0 Å². The molecule has 2 heterocycles. The molecule has 1 aliphatic rings. The number of rotatable bonds is 9. The molecule has 10 nitrogen and oxygen atoms in total. The van der Waals surface area contributed by atoms with Gasteiger partial charge in [0.05, 0.1) is 32.2 Å². The first-order valence-electron chi connectivity index (χ1n) is 13.7. The third-order valence-electron chi connectivity index (χ3n) is 6.70. The Bertz CT molecular complexity index is 1850. The summed E-state index contributed by atoms with van der Waals surface area (Å²) < 4.78 is 112. The van der Waals surface area contributed by atoms with Crippen molar-refractivity contribution in [1.29, 1.82) is 0 Å². The smallest absolute Gasteiger partial charge is 0.422 e. The molecule has 48 heavy (non-hydrogen) atoms. The highest BCUT2D eigenvalue weighted by atomic mass is 79.9. The number of methoxy groups -OCH3 is 1. The Balaban J connectivity index is 1.38. The second-order valence-electron chi connectivity index (χ2n) is 9.93. The lowest BCUT2D eigenvalue weighted by atomic mass is 10.1. The molecule has 0 aliphatic carbocycles. The van der Waals surface area contributed by atoms with Crippen LogP contribution in [0.4, 0.5) is 54.3 Å². The summed E-state index contributed by atoms with van der Waals surface area (Å²) >= 11 is 9.79. The van der Waals surface area contributed by atoms with Crippen LogP contribution in [0.2, 0.25) is 5.02 Å². The highest BCUT2D eigenvalue weighted by molar-refractivity contribution is 9.10. The van der Waals surface area contributed by atoms with Crippen LogP contribution in [0.3, 0.4) is 0 Å². The zero-order valence-electron chi connectivity index (χ0n) is 24.7. The van der Waals surface area contributed by atoms with Gasteiger partial charge in [-0.1, -0.05) is 11.6 Å².